The van der Waals surface area contributed by atoms with Gasteiger partial charge in [-0.15, -0.1) is 0 Å². The predicted molar refractivity (Wildman–Crippen MR) is 108 cm³/mol. The van der Waals surface area contributed by atoms with E-state index < -0.39 is 5.91 Å². The summed E-state index contributed by atoms with van der Waals surface area (Å²) in [5.41, 5.74) is 6.90. The molecule has 0 spiro atoms. The summed E-state index contributed by atoms with van der Waals surface area (Å²) in [6.45, 7) is -0.106. The van der Waals surface area contributed by atoms with Crippen molar-refractivity contribution < 1.29 is 23.8 Å². The number of methoxy groups -OCH3 is 2. The Labute approximate surface area is 174 Å². The summed E-state index contributed by atoms with van der Waals surface area (Å²) in [5, 5.41) is 2.81. The second kappa shape index (κ2) is 8.82. The smallest absolute Gasteiger partial charge is 0.255 e. The molecule has 0 unspecified atom stereocenters. The number of nitrogens with one attached hydrogen (secondary N) is 1. The number of ether oxygens (including phenoxy) is 3. The zero-order valence-corrected chi connectivity index (χ0v) is 17.4. The third-order valence-electron chi connectivity index (χ3n) is 3.98. The van der Waals surface area contributed by atoms with E-state index in [1.54, 1.807) is 0 Å². The van der Waals surface area contributed by atoms with Gasteiger partial charge in [0.05, 0.1) is 26.5 Å². The molecule has 0 fully saturated rings. The molecule has 0 bridgehead atoms. The highest BCUT2D eigenvalue weighted by Gasteiger charge is 2.18. The molecule has 0 saturated carbocycles. The van der Waals surface area contributed by atoms with Gasteiger partial charge in [0.25, 0.3) is 11.8 Å². The Morgan fingerprint density at radius 3 is 2.48 bits per heavy atom. The first-order valence-electron chi connectivity index (χ1n) is 8.49. The van der Waals surface area contributed by atoms with Gasteiger partial charge in [0, 0.05) is 22.4 Å². The standard InChI is InChI=1S/C19H19BrN4O5/c1-27-14-5-11(6-15(28-2)18(14)29-10-16(21)25)19(26)22-7-13-9-24-8-12(20)3-4-17(24)23-13/h3-6,8-9H,7,10H2,1-2H3,(H2,21,25)(H,22,26). The van der Waals surface area contributed by atoms with Crippen LogP contribution in [0.5, 0.6) is 17.2 Å². The number of aromatic nitrogens is 2. The number of imidazole rings is 1. The van der Waals surface area contributed by atoms with E-state index in [0.717, 1.165) is 10.1 Å². The molecule has 0 aliphatic rings. The van der Waals surface area contributed by atoms with Crippen LogP contribution in [0.2, 0.25) is 0 Å². The van der Waals surface area contributed by atoms with E-state index in [1.165, 1.54) is 26.4 Å². The predicted octanol–water partition coefficient (Wildman–Crippen LogP) is 1.91. The monoisotopic (exact) mass is 462 g/mol. The molecular weight excluding hydrogens is 444 g/mol. The molecule has 10 heteroatoms. The molecule has 0 aliphatic carbocycles. The number of halogens is 1. The Kier molecular flexibility index (Phi) is 6.23. The first kappa shape index (κ1) is 20.5. The van der Waals surface area contributed by atoms with Crippen molar-refractivity contribution in [3.05, 3.63) is 52.4 Å². The lowest BCUT2D eigenvalue weighted by Crippen LogP contribution is -2.23. The van der Waals surface area contributed by atoms with Crippen molar-refractivity contribution in [3.63, 3.8) is 0 Å². The molecule has 2 heterocycles. The lowest BCUT2D eigenvalue weighted by atomic mass is 10.1. The van der Waals surface area contributed by atoms with Crippen LogP contribution in [0.15, 0.2) is 41.1 Å². The van der Waals surface area contributed by atoms with Gasteiger partial charge in [-0.05, 0) is 40.2 Å². The highest BCUT2D eigenvalue weighted by Crippen LogP contribution is 2.38. The number of benzene rings is 1. The number of pyridine rings is 1. The summed E-state index contributed by atoms with van der Waals surface area (Å²) in [7, 11) is 2.84. The number of hydrogen-bond donors (Lipinski definition) is 2. The van der Waals surface area contributed by atoms with Gasteiger partial charge >= 0.3 is 0 Å². The summed E-state index contributed by atoms with van der Waals surface area (Å²) in [6, 6.07) is 6.75. The molecule has 0 atom stereocenters. The van der Waals surface area contributed by atoms with E-state index in [1.807, 2.05) is 28.9 Å². The maximum Gasteiger partial charge on any atom is 0.255 e. The molecule has 0 radical (unpaired) electrons. The van der Waals surface area contributed by atoms with E-state index >= 15 is 0 Å². The maximum absolute atomic E-state index is 12.6. The van der Waals surface area contributed by atoms with Gasteiger partial charge in [-0.3, -0.25) is 9.59 Å². The Hall–Kier alpha value is -3.27. The fourth-order valence-corrected chi connectivity index (χ4v) is 3.02. The van der Waals surface area contributed by atoms with E-state index in [0.29, 0.717) is 11.3 Å². The van der Waals surface area contributed by atoms with Crippen LogP contribution in [0.25, 0.3) is 5.65 Å². The molecule has 2 aromatic heterocycles. The molecule has 29 heavy (non-hydrogen) atoms. The summed E-state index contributed by atoms with van der Waals surface area (Å²) >= 11 is 3.41. The van der Waals surface area contributed by atoms with Crippen LogP contribution in [0.1, 0.15) is 16.1 Å². The minimum Gasteiger partial charge on any atom is -0.493 e. The number of nitrogens with two attached hydrogens (primary N) is 1. The van der Waals surface area contributed by atoms with Crippen LogP contribution >= 0.6 is 15.9 Å². The summed E-state index contributed by atoms with van der Waals surface area (Å²) in [5.74, 6) is -0.311. The van der Waals surface area contributed by atoms with Gasteiger partial charge in [-0.25, -0.2) is 4.98 Å². The quantitative estimate of drug-likeness (QED) is 0.527. The van der Waals surface area contributed by atoms with Crippen molar-refractivity contribution in [2.45, 2.75) is 6.54 Å². The zero-order valence-electron chi connectivity index (χ0n) is 15.8. The molecule has 2 amide bonds. The number of carbonyl (C=O) groups excluding carboxylic acids is 2. The lowest BCUT2D eigenvalue weighted by Gasteiger charge is -2.15. The van der Waals surface area contributed by atoms with Gasteiger partial charge < -0.3 is 29.7 Å². The molecule has 0 saturated heterocycles. The fraction of sp³-hybridized carbons (Fsp3) is 0.211. The molecule has 9 nitrogen and oxygen atoms in total. The van der Waals surface area contributed by atoms with Crippen molar-refractivity contribution in [2.75, 3.05) is 20.8 Å². The van der Waals surface area contributed by atoms with Crippen LogP contribution in [-0.4, -0.2) is 42.0 Å². The Morgan fingerprint density at radius 2 is 1.86 bits per heavy atom. The topological polar surface area (TPSA) is 117 Å². The van der Waals surface area contributed by atoms with Gasteiger partial charge in [-0.2, -0.15) is 0 Å². The van der Waals surface area contributed by atoms with Gasteiger partial charge in [0.15, 0.2) is 18.1 Å². The first-order valence-corrected chi connectivity index (χ1v) is 9.29. The van der Waals surface area contributed by atoms with Crippen LogP contribution < -0.4 is 25.3 Å². The number of primary amides is 1. The highest BCUT2D eigenvalue weighted by molar-refractivity contribution is 9.10. The molecule has 3 rings (SSSR count). The molecule has 152 valence electrons. The Bertz CT molecular complexity index is 1040. The molecule has 3 aromatic rings. The van der Waals surface area contributed by atoms with Crippen molar-refractivity contribution in [1.29, 1.82) is 0 Å². The molecule has 1 aromatic carbocycles. The number of nitrogens with zero attached hydrogens (tertiary/aromatic N) is 2. The minimum atomic E-state index is -0.643. The first-order chi connectivity index (χ1) is 13.9. The molecule has 3 N–H and O–H groups in total. The number of fused-ring (bicyclic) bond motifs is 1. The summed E-state index contributed by atoms with van der Waals surface area (Å²) < 4.78 is 18.7. The fourth-order valence-electron chi connectivity index (χ4n) is 2.67. The van der Waals surface area contributed by atoms with E-state index in [4.69, 9.17) is 19.9 Å². The van der Waals surface area contributed by atoms with Crippen molar-refractivity contribution in [1.82, 2.24) is 14.7 Å². The van der Waals surface area contributed by atoms with Crippen molar-refractivity contribution >= 4 is 33.4 Å². The van der Waals surface area contributed by atoms with E-state index in [2.05, 4.69) is 26.2 Å². The minimum absolute atomic E-state index is 0.191. The van der Waals surface area contributed by atoms with Crippen molar-refractivity contribution in [2.24, 2.45) is 5.73 Å². The largest absolute Gasteiger partial charge is 0.493 e. The summed E-state index contributed by atoms with van der Waals surface area (Å²) in [4.78, 5) is 28.1. The SMILES string of the molecule is COc1cc(C(=O)NCc2cn3cc(Br)ccc3n2)cc(OC)c1OCC(N)=O. The van der Waals surface area contributed by atoms with E-state index in [9.17, 15) is 9.59 Å². The highest BCUT2D eigenvalue weighted by atomic mass is 79.9. The average Bonchev–Trinajstić information content (AvgIpc) is 3.11. The second-order valence-electron chi connectivity index (χ2n) is 5.99. The van der Waals surface area contributed by atoms with Crippen molar-refractivity contribution in [3.8, 4) is 17.2 Å². The third-order valence-corrected chi connectivity index (χ3v) is 4.45. The van der Waals surface area contributed by atoms with Gasteiger partial charge in [0.2, 0.25) is 5.75 Å². The zero-order chi connectivity index (χ0) is 21.0. The number of carbonyl (C=O) groups is 2. The number of amides is 2. The normalized spacial score (nSPS) is 10.6. The maximum atomic E-state index is 12.6. The van der Waals surface area contributed by atoms with Crippen LogP contribution in [-0.2, 0) is 11.3 Å². The average molecular weight is 463 g/mol. The van der Waals surface area contributed by atoms with Crippen LogP contribution in [0.3, 0.4) is 0 Å². The van der Waals surface area contributed by atoms with E-state index in [-0.39, 0.29) is 36.3 Å². The van der Waals surface area contributed by atoms with Crippen LogP contribution in [0, 0.1) is 0 Å². The molecule has 0 aliphatic heterocycles. The number of hydrogen-bond acceptors (Lipinski definition) is 6. The van der Waals surface area contributed by atoms with Crippen LogP contribution in [0.4, 0.5) is 0 Å². The van der Waals surface area contributed by atoms with Gasteiger partial charge in [0.1, 0.15) is 5.65 Å². The Morgan fingerprint density at radius 1 is 1.17 bits per heavy atom. The number of rotatable bonds is 8. The molecular formula is C19H19BrN4O5. The third kappa shape index (κ3) is 4.77. The van der Waals surface area contributed by atoms with Gasteiger partial charge in [-0.1, -0.05) is 0 Å². The second-order valence-corrected chi connectivity index (χ2v) is 6.91. The lowest BCUT2D eigenvalue weighted by molar-refractivity contribution is -0.120. The Balaban J connectivity index is 1.77. The summed E-state index contributed by atoms with van der Waals surface area (Å²) in [6.07, 6.45) is 3.72.